The molecule has 98 valence electrons. The number of rotatable bonds is 4. The molecule has 0 radical (unpaired) electrons. The number of hydrogen-bond donors (Lipinski definition) is 1. The largest absolute Gasteiger partial charge is 0.335 e. The number of hydrogen-bond acceptors (Lipinski definition) is 4. The van der Waals surface area contributed by atoms with Gasteiger partial charge < -0.3 is 9.84 Å². The molecular weight excluding hydrogens is 238 g/mol. The zero-order valence-electron chi connectivity index (χ0n) is 11.2. The summed E-state index contributed by atoms with van der Waals surface area (Å²) < 4.78 is 5.13. The standard InChI is InChI=1S/C12H21N3O.ClH/c1-9(13-5)8-10-14-11(16-15-10)6-7-12(2,3)4;/h6-7,9,13H,8H2,1-5H3;1H/b7-6+;. The maximum absolute atomic E-state index is 5.13. The quantitative estimate of drug-likeness (QED) is 0.903. The summed E-state index contributed by atoms with van der Waals surface area (Å²) in [5, 5.41) is 7.07. The summed E-state index contributed by atoms with van der Waals surface area (Å²) in [5.74, 6) is 1.32. The van der Waals surface area contributed by atoms with E-state index >= 15 is 0 Å². The molecule has 0 aliphatic heterocycles. The zero-order valence-corrected chi connectivity index (χ0v) is 12.0. The molecule has 0 amide bonds. The minimum atomic E-state index is 0. The molecule has 0 bridgehead atoms. The molecule has 1 atom stereocenters. The summed E-state index contributed by atoms with van der Waals surface area (Å²) in [7, 11) is 1.92. The fourth-order valence-electron chi connectivity index (χ4n) is 1.12. The first-order valence-electron chi connectivity index (χ1n) is 5.60. The molecule has 1 aromatic rings. The van der Waals surface area contributed by atoms with Crippen LogP contribution in [-0.2, 0) is 6.42 Å². The van der Waals surface area contributed by atoms with Gasteiger partial charge in [0.15, 0.2) is 5.82 Å². The first-order valence-corrected chi connectivity index (χ1v) is 5.60. The number of allylic oxidation sites excluding steroid dienone is 1. The van der Waals surface area contributed by atoms with E-state index in [9.17, 15) is 0 Å². The van der Waals surface area contributed by atoms with Crippen LogP contribution in [0, 0.1) is 5.41 Å². The van der Waals surface area contributed by atoms with Gasteiger partial charge in [0.05, 0.1) is 0 Å². The van der Waals surface area contributed by atoms with Crippen molar-refractivity contribution in [2.75, 3.05) is 7.05 Å². The minimum Gasteiger partial charge on any atom is -0.335 e. The second-order valence-electron chi connectivity index (χ2n) is 5.14. The third kappa shape index (κ3) is 6.44. The summed E-state index contributed by atoms with van der Waals surface area (Å²) in [6, 6.07) is 0.358. The molecular formula is C12H22ClN3O. The molecule has 0 aliphatic carbocycles. The van der Waals surface area contributed by atoms with E-state index < -0.39 is 0 Å². The lowest BCUT2D eigenvalue weighted by molar-refractivity contribution is 0.399. The van der Waals surface area contributed by atoms with Crippen molar-refractivity contribution in [1.29, 1.82) is 0 Å². The summed E-state index contributed by atoms with van der Waals surface area (Å²) in [4.78, 5) is 4.30. The maximum atomic E-state index is 5.13. The SMILES string of the molecule is CNC(C)Cc1noc(/C=C/C(C)(C)C)n1.Cl. The number of nitrogens with one attached hydrogen (secondary N) is 1. The third-order valence-corrected chi connectivity index (χ3v) is 2.19. The van der Waals surface area contributed by atoms with Crippen LogP contribution in [0.4, 0.5) is 0 Å². The van der Waals surface area contributed by atoms with E-state index in [2.05, 4.69) is 49.2 Å². The van der Waals surface area contributed by atoms with E-state index in [1.165, 1.54) is 0 Å². The first kappa shape index (κ1) is 16.1. The Balaban J connectivity index is 0.00000256. The average Bonchev–Trinajstić information content (AvgIpc) is 2.61. The lowest BCUT2D eigenvalue weighted by Gasteiger charge is -2.09. The molecule has 1 aromatic heterocycles. The number of halogens is 1. The van der Waals surface area contributed by atoms with E-state index in [1.807, 2.05) is 13.1 Å². The van der Waals surface area contributed by atoms with Crippen molar-refractivity contribution in [3.63, 3.8) is 0 Å². The van der Waals surface area contributed by atoms with Gasteiger partial charge in [-0.2, -0.15) is 4.98 Å². The Labute approximate surface area is 109 Å². The Kier molecular flexibility index (Phi) is 6.42. The first-order chi connectivity index (χ1) is 7.40. The monoisotopic (exact) mass is 259 g/mol. The van der Waals surface area contributed by atoms with E-state index in [0.29, 0.717) is 11.9 Å². The molecule has 0 saturated heterocycles. The molecule has 0 saturated carbocycles. The molecule has 1 unspecified atom stereocenters. The Hall–Kier alpha value is -0.870. The van der Waals surface area contributed by atoms with Crippen LogP contribution in [0.2, 0.25) is 0 Å². The van der Waals surface area contributed by atoms with Crippen molar-refractivity contribution in [3.05, 3.63) is 17.8 Å². The Bertz CT molecular complexity index is 355. The van der Waals surface area contributed by atoms with Gasteiger partial charge in [-0.15, -0.1) is 12.4 Å². The Morgan fingerprint density at radius 1 is 1.41 bits per heavy atom. The summed E-state index contributed by atoms with van der Waals surface area (Å²) in [6.07, 6.45) is 4.72. The Morgan fingerprint density at radius 2 is 2.06 bits per heavy atom. The van der Waals surface area contributed by atoms with Crippen molar-refractivity contribution in [2.45, 2.75) is 40.2 Å². The number of nitrogens with zero attached hydrogens (tertiary/aromatic N) is 2. The topological polar surface area (TPSA) is 51.0 Å². The molecule has 1 heterocycles. The molecule has 0 fully saturated rings. The van der Waals surface area contributed by atoms with Crippen molar-refractivity contribution in [2.24, 2.45) is 5.41 Å². The molecule has 1 N–H and O–H groups in total. The molecule has 1 rings (SSSR count). The molecule has 4 nitrogen and oxygen atoms in total. The highest BCUT2D eigenvalue weighted by Crippen LogP contribution is 2.16. The maximum Gasteiger partial charge on any atom is 0.250 e. The zero-order chi connectivity index (χ0) is 12.2. The lowest BCUT2D eigenvalue weighted by Crippen LogP contribution is -2.24. The van der Waals surface area contributed by atoms with Crippen molar-refractivity contribution >= 4 is 18.5 Å². The number of likely N-dealkylation sites (N-methyl/N-ethyl adjacent to an activating group) is 1. The fraction of sp³-hybridized carbons (Fsp3) is 0.667. The van der Waals surface area contributed by atoms with Crippen LogP contribution in [0.1, 0.15) is 39.4 Å². The van der Waals surface area contributed by atoms with Crippen LogP contribution in [0.3, 0.4) is 0 Å². The second-order valence-corrected chi connectivity index (χ2v) is 5.14. The van der Waals surface area contributed by atoms with Crippen LogP contribution < -0.4 is 5.32 Å². The minimum absolute atomic E-state index is 0. The predicted octanol–water partition coefficient (Wildman–Crippen LogP) is 2.70. The summed E-state index contributed by atoms with van der Waals surface area (Å²) in [5.41, 5.74) is 0.132. The normalized spacial score (nSPS) is 13.7. The lowest BCUT2D eigenvalue weighted by atomic mass is 9.96. The smallest absolute Gasteiger partial charge is 0.250 e. The molecule has 0 spiro atoms. The van der Waals surface area contributed by atoms with Crippen molar-refractivity contribution in [3.8, 4) is 0 Å². The van der Waals surface area contributed by atoms with Gasteiger partial charge in [-0.25, -0.2) is 0 Å². The highest BCUT2D eigenvalue weighted by Gasteiger charge is 2.09. The third-order valence-electron chi connectivity index (χ3n) is 2.19. The van der Waals surface area contributed by atoms with E-state index in [1.54, 1.807) is 0 Å². The van der Waals surface area contributed by atoms with Crippen LogP contribution in [0.15, 0.2) is 10.6 Å². The van der Waals surface area contributed by atoms with Crippen LogP contribution >= 0.6 is 12.4 Å². The molecule has 0 aliphatic rings. The van der Waals surface area contributed by atoms with Crippen LogP contribution in [0.25, 0.3) is 6.08 Å². The predicted molar refractivity (Wildman–Crippen MR) is 72.3 cm³/mol. The van der Waals surface area contributed by atoms with Gasteiger partial charge in [-0.1, -0.05) is 32.0 Å². The van der Waals surface area contributed by atoms with E-state index in [0.717, 1.165) is 12.2 Å². The summed E-state index contributed by atoms with van der Waals surface area (Å²) >= 11 is 0. The molecule has 5 heteroatoms. The highest BCUT2D eigenvalue weighted by molar-refractivity contribution is 5.85. The average molecular weight is 260 g/mol. The van der Waals surface area contributed by atoms with Gasteiger partial charge in [-0.05, 0) is 25.5 Å². The molecule has 0 aromatic carbocycles. The van der Waals surface area contributed by atoms with Gasteiger partial charge in [0.2, 0.25) is 5.89 Å². The van der Waals surface area contributed by atoms with Gasteiger partial charge in [-0.3, -0.25) is 0 Å². The van der Waals surface area contributed by atoms with Gasteiger partial charge in [0, 0.05) is 12.5 Å². The van der Waals surface area contributed by atoms with Crippen LogP contribution in [0.5, 0.6) is 0 Å². The van der Waals surface area contributed by atoms with Crippen molar-refractivity contribution in [1.82, 2.24) is 15.5 Å². The molecule has 17 heavy (non-hydrogen) atoms. The van der Waals surface area contributed by atoms with Gasteiger partial charge in [0.25, 0.3) is 0 Å². The number of aromatic nitrogens is 2. The summed E-state index contributed by atoms with van der Waals surface area (Å²) in [6.45, 7) is 8.47. The second kappa shape index (κ2) is 6.77. The highest BCUT2D eigenvalue weighted by atomic mass is 35.5. The van der Waals surface area contributed by atoms with E-state index in [-0.39, 0.29) is 17.8 Å². The Morgan fingerprint density at radius 3 is 2.59 bits per heavy atom. The van der Waals surface area contributed by atoms with Crippen molar-refractivity contribution < 1.29 is 4.52 Å². The van der Waals surface area contributed by atoms with Crippen LogP contribution in [-0.4, -0.2) is 23.2 Å². The fourth-order valence-corrected chi connectivity index (χ4v) is 1.12. The van der Waals surface area contributed by atoms with E-state index in [4.69, 9.17) is 4.52 Å². The van der Waals surface area contributed by atoms with Gasteiger partial charge in [0.1, 0.15) is 0 Å². The van der Waals surface area contributed by atoms with Gasteiger partial charge >= 0.3 is 0 Å².